The van der Waals surface area contributed by atoms with Crippen molar-refractivity contribution in [3.63, 3.8) is 0 Å². The molecule has 2 amide bonds. The number of alkyl carbamates (subject to hydrolysis) is 1. The van der Waals surface area contributed by atoms with Crippen molar-refractivity contribution in [2.24, 2.45) is 5.41 Å². The Morgan fingerprint density at radius 2 is 1.77 bits per heavy atom. The number of benzene rings is 2. The lowest BCUT2D eigenvalue weighted by molar-refractivity contribution is -0.152. The molecule has 0 saturated carbocycles. The maximum atomic E-state index is 14.0. The minimum atomic E-state index is -0.979. The third-order valence-electron chi connectivity index (χ3n) is 7.25. The molecule has 2 unspecified atom stereocenters. The molecule has 8 nitrogen and oxygen atoms in total. The van der Waals surface area contributed by atoms with E-state index in [1.165, 1.54) is 12.0 Å². The third-order valence-corrected chi connectivity index (χ3v) is 7.25. The standard InChI is InChI=1S/C32H40N2O6/c1-8-10-17-40-30(37)33-27(31(3,4)5)28(35)34-21-32(39-7,20-26(34)29(36)38-6)25-16-12-15-24(19-25)23-14-11-13-22(9-2)18-23/h8-9,11-16,18-19,26-27H,1-2,10,17,20-21H2,3-7H3,(H,33,37)/t26?,27-,32?/m1/s1. The van der Waals surface area contributed by atoms with E-state index in [1.807, 2.05) is 69.3 Å². The van der Waals surface area contributed by atoms with Gasteiger partial charge in [0.25, 0.3) is 0 Å². The van der Waals surface area contributed by atoms with Gasteiger partial charge in [0.1, 0.15) is 17.7 Å². The number of carbonyl (C=O) groups is 3. The van der Waals surface area contributed by atoms with Gasteiger partial charge in [-0.05, 0) is 46.2 Å². The largest absolute Gasteiger partial charge is 0.467 e. The van der Waals surface area contributed by atoms with E-state index >= 15 is 0 Å². The molecular weight excluding hydrogens is 508 g/mol. The minimum Gasteiger partial charge on any atom is -0.467 e. The summed E-state index contributed by atoms with van der Waals surface area (Å²) in [6, 6.07) is 14.0. The molecule has 214 valence electrons. The van der Waals surface area contributed by atoms with Crippen LogP contribution in [-0.2, 0) is 29.4 Å². The van der Waals surface area contributed by atoms with Crippen molar-refractivity contribution >= 4 is 24.0 Å². The third kappa shape index (κ3) is 6.80. The smallest absolute Gasteiger partial charge is 0.407 e. The van der Waals surface area contributed by atoms with Crippen LogP contribution in [0.3, 0.4) is 0 Å². The number of amides is 2. The van der Waals surface area contributed by atoms with Gasteiger partial charge in [0.2, 0.25) is 5.91 Å². The second kappa shape index (κ2) is 13.0. The topological polar surface area (TPSA) is 94.2 Å². The maximum absolute atomic E-state index is 14.0. The summed E-state index contributed by atoms with van der Waals surface area (Å²) in [5, 5.41) is 2.71. The molecule has 3 atom stereocenters. The quantitative estimate of drug-likeness (QED) is 0.245. The Labute approximate surface area is 237 Å². The van der Waals surface area contributed by atoms with Gasteiger partial charge >= 0.3 is 12.1 Å². The first-order valence-corrected chi connectivity index (χ1v) is 13.3. The van der Waals surface area contributed by atoms with Gasteiger partial charge in [-0.15, -0.1) is 6.58 Å². The number of nitrogens with one attached hydrogen (secondary N) is 1. The molecule has 8 heteroatoms. The number of likely N-dealkylation sites (tertiary alicyclic amines) is 1. The lowest BCUT2D eigenvalue weighted by atomic mass is 9.85. The predicted octanol–water partition coefficient (Wildman–Crippen LogP) is 5.33. The van der Waals surface area contributed by atoms with Crippen LogP contribution in [0.2, 0.25) is 0 Å². The average molecular weight is 549 g/mol. The number of ether oxygens (including phenoxy) is 3. The van der Waals surface area contributed by atoms with Crippen LogP contribution in [-0.4, -0.2) is 62.3 Å². The monoisotopic (exact) mass is 548 g/mol. The van der Waals surface area contributed by atoms with Crippen LogP contribution in [0.4, 0.5) is 4.79 Å². The predicted molar refractivity (Wildman–Crippen MR) is 155 cm³/mol. The lowest BCUT2D eigenvalue weighted by Crippen LogP contribution is -2.57. The molecular formula is C32H40N2O6. The summed E-state index contributed by atoms with van der Waals surface area (Å²) in [5.74, 6) is -0.972. The van der Waals surface area contributed by atoms with Crippen LogP contribution in [0.1, 0.15) is 44.7 Å². The number of methoxy groups -OCH3 is 2. The van der Waals surface area contributed by atoms with E-state index < -0.39 is 41.1 Å². The number of hydrogen-bond donors (Lipinski definition) is 1. The number of rotatable bonds is 10. The van der Waals surface area contributed by atoms with Crippen LogP contribution in [0, 0.1) is 5.41 Å². The van der Waals surface area contributed by atoms with Crippen LogP contribution >= 0.6 is 0 Å². The molecule has 0 bridgehead atoms. The van der Waals surface area contributed by atoms with Crippen molar-refractivity contribution in [1.82, 2.24) is 10.2 Å². The first-order valence-electron chi connectivity index (χ1n) is 13.3. The Kier molecular flexibility index (Phi) is 9.93. The summed E-state index contributed by atoms with van der Waals surface area (Å²) in [7, 11) is 2.87. The molecule has 1 heterocycles. The van der Waals surface area contributed by atoms with Crippen molar-refractivity contribution < 1.29 is 28.6 Å². The molecule has 2 aromatic carbocycles. The van der Waals surface area contributed by atoms with E-state index in [-0.39, 0.29) is 19.6 Å². The Morgan fingerprint density at radius 1 is 1.10 bits per heavy atom. The molecule has 3 rings (SSSR count). The molecule has 1 aliphatic heterocycles. The lowest BCUT2D eigenvalue weighted by Gasteiger charge is -2.35. The van der Waals surface area contributed by atoms with Crippen LogP contribution < -0.4 is 5.32 Å². The van der Waals surface area contributed by atoms with Gasteiger partial charge in [-0.3, -0.25) is 4.79 Å². The summed E-state index contributed by atoms with van der Waals surface area (Å²) in [5.41, 5.74) is 2.14. The summed E-state index contributed by atoms with van der Waals surface area (Å²) in [6.07, 6.45) is 3.40. The van der Waals surface area contributed by atoms with Crippen molar-refractivity contribution in [3.8, 4) is 11.1 Å². The Morgan fingerprint density at radius 3 is 2.38 bits per heavy atom. The summed E-state index contributed by atoms with van der Waals surface area (Å²) < 4.78 is 16.4. The Balaban J connectivity index is 1.98. The van der Waals surface area contributed by atoms with Crippen LogP contribution in [0.15, 0.2) is 67.8 Å². The number of esters is 1. The van der Waals surface area contributed by atoms with Gasteiger partial charge in [0, 0.05) is 13.5 Å². The van der Waals surface area contributed by atoms with Gasteiger partial charge in [0.05, 0.1) is 20.3 Å². The van der Waals surface area contributed by atoms with Gasteiger partial charge in [0.15, 0.2) is 0 Å². The van der Waals surface area contributed by atoms with Crippen molar-refractivity contribution in [3.05, 3.63) is 78.9 Å². The number of hydrogen-bond acceptors (Lipinski definition) is 6. The first-order chi connectivity index (χ1) is 19.0. The van der Waals surface area contributed by atoms with Crippen molar-refractivity contribution in [1.29, 1.82) is 0 Å². The fourth-order valence-corrected chi connectivity index (χ4v) is 4.96. The highest BCUT2D eigenvalue weighted by molar-refractivity contribution is 5.91. The van der Waals surface area contributed by atoms with Gasteiger partial charge < -0.3 is 24.4 Å². The zero-order chi connectivity index (χ0) is 29.5. The Hall–Kier alpha value is -3.91. The fourth-order valence-electron chi connectivity index (χ4n) is 4.96. The first kappa shape index (κ1) is 30.6. The van der Waals surface area contributed by atoms with E-state index in [0.717, 1.165) is 22.3 Å². The highest BCUT2D eigenvalue weighted by Gasteiger charge is 2.53. The summed E-state index contributed by atoms with van der Waals surface area (Å²) in [6.45, 7) is 13.2. The van der Waals surface area contributed by atoms with E-state index in [1.54, 1.807) is 19.3 Å². The van der Waals surface area contributed by atoms with Gasteiger partial charge in [-0.25, -0.2) is 9.59 Å². The second-order valence-electron chi connectivity index (χ2n) is 11.0. The normalized spacial score (nSPS) is 19.4. The van der Waals surface area contributed by atoms with E-state index in [0.29, 0.717) is 6.42 Å². The molecule has 0 aliphatic carbocycles. The van der Waals surface area contributed by atoms with Crippen molar-refractivity contribution in [2.45, 2.75) is 51.3 Å². The fraction of sp³-hybridized carbons (Fsp3) is 0.406. The highest BCUT2D eigenvalue weighted by atomic mass is 16.5. The van der Waals surface area contributed by atoms with E-state index in [4.69, 9.17) is 14.2 Å². The molecule has 1 N–H and O–H groups in total. The molecule has 0 spiro atoms. The molecule has 0 aromatic heterocycles. The van der Waals surface area contributed by atoms with E-state index in [2.05, 4.69) is 18.5 Å². The van der Waals surface area contributed by atoms with E-state index in [9.17, 15) is 14.4 Å². The molecule has 0 radical (unpaired) electrons. The SMILES string of the molecule is C=CCCOC(=O)N[C@H](C(=O)N1CC(OC)(c2cccc(-c3cccc(C=C)c3)c2)CC1C(=O)OC)C(C)(C)C. The second-order valence-corrected chi connectivity index (χ2v) is 11.0. The average Bonchev–Trinajstić information content (AvgIpc) is 3.36. The number of carbonyl (C=O) groups excluding carboxylic acids is 3. The summed E-state index contributed by atoms with van der Waals surface area (Å²) >= 11 is 0. The zero-order valence-corrected chi connectivity index (χ0v) is 24.1. The Bertz CT molecular complexity index is 1250. The highest BCUT2D eigenvalue weighted by Crippen LogP contribution is 2.41. The molecule has 2 aromatic rings. The zero-order valence-electron chi connectivity index (χ0n) is 24.1. The minimum absolute atomic E-state index is 0.0953. The molecule has 40 heavy (non-hydrogen) atoms. The molecule has 1 aliphatic rings. The van der Waals surface area contributed by atoms with Gasteiger partial charge in [-0.2, -0.15) is 0 Å². The van der Waals surface area contributed by atoms with Gasteiger partial charge in [-0.1, -0.05) is 75.9 Å². The maximum Gasteiger partial charge on any atom is 0.407 e. The molecule has 1 fully saturated rings. The molecule has 1 saturated heterocycles. The van der Waals surface area contributed by atoms with Crippen LogP contribution in [0.25, 0.3) is 17.2 Å². The van der Waals surface area contributed by atoms with Crippen LogP contribution in [0.5, 0.6) is 0 Å². The summed E-state index contributed by atoms with van der Waals surface area (Å²) in [4.78, 5) is 41.0. The number of nitrogens with zero attached hydrogens (tertiary/aromatic N) is 1. The van der Waals surface area contributed by atoms with Crippen molar-refractivity contribution in [2.75, 3.05) is 27.4 Å².